The van der Waals surface area contributed by atoms with Gasteiger partial charge in [-0.25, -0.2) is 0 Å². The van der Waals surface area contributed by atoms with Gasteiger partial charge in [0, 0.05) is 38.3 Å². The standard InChI is InChI=1S/C14H21N3O2/c15-5-8-16-6-2-7-17(10-9-16)14(19)12-3-1-4-13(18)11-12/h1,3-4,11,18H,2,5-10,15H2. The van der Waals surface area contributed by atoms with Crippen molar-refractivity contribution in [3.8, 4) is 5.75 Å². The number of hydrogen-bond donors (Lipinski definition) is 2. The average molecular weight is 263 g/mol. The first kappa shape index (κ1) is 13.8. The van der Waals surface area contributed by atoms with Gasteiger partial charge < -0.3 is 20.6 Å². The van der Waals surface area contributed by atoms with E-state index in [0.717, 1.165) is 32.6 Å². The first-order chi connectivity index (χ1) is 9.20. The van der Waals surface area contributed by atoms with E-state index in [9.17, 15) is 9.90 Å². The van der Waals surface area contributed by atoms with Gasteiger partial charge in [0.25, 0.3) is 5.91 Å². The van der Waals surface area contributed by atoms with E-state index in [4.69, 9.17) is 5.73 Å². The van der Waals surface area contributed by atoms with Crippen LogP contribution in [-0.2, 0) is 0 Å². The van der Waals surface area contributed by atoms with Gasteiger partial charge in [-0.2, -0.15) is 0 Å². The van der Waals surface area contributed by atoms with Crippen LogP contribution in [0.3, 0.4) is 0 Å². The quantitative estimate of drug-likeness (QED) is 0.833. The molecule has 19 heavy (non-hydrogen) atoms. The number of amides is 1. The zero-order valence-electron chi connectivity index (χ0n) is 11.1. The Hall–Kier alpha value is -1.59. The summed E-state index contributed by atoms with van der Waals surface area (Å²) in [4.78, 5) is 16.5. The molecule has 1 heterocycles. The molecule has 0 unspecified atom stereocenters. The van der Waals surface area contributed by atoms with Gasteiger partial charge in [-0.3, -0.25) is 4.79 Å². The fourth-order valence-corrected chi connectivity index (χ4v) is 2.40. The Bertz CT molecular complexity index is 436. The molecule has 3 N–H and O–H groups in total. The Morgan fingerprint density at radius 2 is 2.11 bits per heavy atom. The SMILES string of the molecule is NCCN1CCCN(C(=O)c2cccc(O)c2)CC1. The Morgan fingerprint density at radius 1 is 1.26 bits per heavy atom. The van der Waals surface area contributed by atoms with Crippen molar-refractivity contribution in [3.05, 3.63) is 29.8 Å². The molecule has 0 atom stereocenters. The minimum atomic E-state index is -0.00880. The summed E-state index contributed by atoms with van der Waals surface area (Å²) in [5.74, 6) is 0.121. The van der Waals surface area contributed by atoms with Crippen LogP contribution in [0, 0.1) is 0 Å². The predicted octanol–water partition coefficient (Wildman–Crippen LogP) is 0.499. The van der Waals surface area contributed by atoms with Gasteiger partial charge in [0.15, 0.2) is 0 Å². The number of aromatic hydroxyl groups is 1. The third-order valence-electron chi connectivity index (χ3n) is 3.41. The summed E-state index contributed by atoms with van der Waals surface area (Å²) in [5, 5.41) is 9.44. The zero-order chi connectivity index (χ0) is 13.7. The Labute approximate surface area is 113 Å². The molecule has 0 aromatic heterocycles. The number of nitrogens with zero attached hydrogens (tertiary/aromatic N) is 2. The third-order valence-corrected chi connectivity index (χ3v) is 3.41. The minimum absolute atomic E-state index is 0.00880. The summed E-state index contributed by atoms with van der Waals surface area (Å²) in [6.45, 7) is 4.86. The number of phenols is 1. The zero-order valence-corrected chi connectivity index (χ0v) is 11.1. The van der Waals surface area contributed by atoms with Gasteiger partial charge in [0.2, 0.25) is 0 Å². The van der Waals surface area contributed by atoms with E-state index in [2.05, 4.69) is 4.90 Å². The van der Waals surface area contributed by atoms with Crippen molar-refractivity contribution in [1.29, 1.82) is 0 Å². The van der Waals surface area contributed by atoms with Crippen LogP contribution in [-0.4, -0.2) is 60.1 Å². The van der Waals surface area contributed by atoms with Crippen molar-refractivity contribution in [1.82, 2.24) is 9.80 Å². The second kappa shape index (κ2) is 6.54. The second-order valence-electron chi connectivity index (χ2n) is 4.83. The summed E-state index contributed by atoms with van der Waals surface area (Å²) in [6, 6.07) is 6.53. The lowest BCUT2D eigenvalue weighted by Crippen LogP contribution is -2.36. The normalized spacial score (nSPS) is 17.2. The van der Waals surface area contributed by atoms with Gasteiger partial charge >= 0.3 is 0 Å². The van der Waals surface area contributed by atoms with Crippen molar-refractivity contribution in [2.45, 2.75) is 6.42 Å². The number of phenolic OH excluding ortho intramolecular Hbond substituents is 1. The van der Waals surface area contributed by atoms with Gasteiger partial charge in [-0.05, 0) is 31.2 Å². The molecule has 1 fully saturated rings. The molecule has 2 rings (SSSR count). The Kier molecular flexibility index (Phi) is 4.76. The van der Waals surface area contributed by atoms with Crippen LogP contribution < -0.4 is 5.73 Å². The van der Waals surface area contributed by atoms with Crippen LogP contribution in [0.4, 0.5) is 0 Å². The summed E-state index contributed by atoms with van der Waals surface area (Å²) in [7, 11) is 0. The van der Waals surface area contributed by atoms with E-state index in [1.807, 2.05) is 4.90 Å². The molecule has 1 aliphatic rings. The number of rotatable bonds is 3. The fourth-order valence-electron chi connectivity index (χ4n) is 2.40. The van der Waals surface area contributed by atoms with Crippen LogP contribution >= 0.6 is 0 Å². The summed E-state index contributed by atoms with van der Waals surface area (Å²) < 4.78 is 0. The predicted molar refractivity (Wildman–Crippen MR) is 74.1 cm³/mol. The van der Waals surface area contributed by atoms with Crippen LogP contribution in [0.15, 0.2) is 24.3 Å². The third kappa shape index (κ3) is 3.68. The molecule has 1 amide bonds. The summed E-state index contributed by atoms with van der Waals surface area (Å²) in [6.07, 6.45) is 0.963. The molecule has 1 aromatic rings. The van der Waals surface area contributed by atoms with Crippen LogP contribution in [0.25, 0.3) is 0 Å². The maximum atomic E-state index is 12.3. The van der Waals surface area contributed by atoms with E-state index in [1.54, 1.807) is 18.2 Å². The van der Waals surface area contributed by atoms with Gasteiger partial charge in [-0.1, -0.05) is 6.07 Å². The lowest BCUT2D eigenvalue weighted by molar-refractivity contribution is 0.0761. The van der Waals surface area contributed by atoms with Crippen molar-refractivity contribution >= 4 is 5.91 Å². The highest BCUT2D eigenvalue weighted by Crippen LogP contribution is 2.14. The largest absolute Gasteiger partial charge is 0.508 e. The van der Waals surface area contributed by atoms with Gasteiger partial charge in [0.05, 0.1) is 0 Å². The van der Waals surface area contributed by atoms with Gasteiger partial charge in [0.1, 0.15) is 5.75 Å². The molecule has 0 radical (unpaired) electrons. The minimum Gasteiger partial charge on any atom is -0.508 e. The topological polar surface area (TPSA) is 69.8 Å². The number of carbonyl (C=O) groups excluding carboxylic acids is 1. The second-order valence-corrected chi connectivity index (χ2v) is 4.83. The first-order valence-corrected chi connectivity index (χ1v) is 6.71. The molecular weight excluding hydrogens is 242 g/mol. The fraction of sp³-hybridized carbons (Fsp3) is 0.500. The molecule has 0 saturated carbocycles. The molecule has 1 aliphatic heterocycles. The van der Waals surface area contributed by atoms with E-state index < -0.39 is 0 Å². The van der Waals surface area contributed by atoms with Crippen LogP contribution in [0.2, 0.25) is 0 Å². The molecule has 1 aromatic carbocycles. The number of benzene rings is 1. The average Bonchev–Trinajstić information content (AvgIpc) is 2.64. The number of nitrogens with two attached hydrogens (primary N) is 1. The Morgan fingerprint density at radius 3 is 2.84 bits per heavy atom. The molecule has 1 saturated heterocycles. The maximum Gasteiger partial charge on any atom is 0.254 e. The van der Waals surface area contributed by atoms with Crippen molar-refractivity contribution in [2.75, 3.05) is 39.3 Å². The van der Waals surface area contributed by atoms with E-state index >= 15 is 0 Å². The number of hydrogen-bond acceptors (Lipinski definition) is 4. The maximum absolute atomic E-state index is 12.3. The molecule has 104 valence electrons. The lowest BCUT2D eigenvalue weighted by Gasteiger charge is -2.21. The highest BCUT2D eigenvalue weighted by atomic mass is 16.3. The lowest BCUT2D eigenvalue weighted by atomic mass is 10.2. The van der Waals surface area contributed by atoms with E-state index in [-0.39, 0.29) is 11.7 Å². The Balaban J connectivity index is 2.00. The summed E-state index contributed by atoms with van der Waals surface area (Å²) in [5.41, 5.74) is 6.11. The van der Waals surface area contributed by atoms with Crippen molar-refractivity contribution in [3.63, 3.8) is 0 Å². The van der Waals surface area contributed by atoms with Gasteiger partial charge in [-0.15, -0.1) is 0 Å². The molecular formula is C14H21N3O2. The van der Waals surface area contributed by atoms with Crippen molar-refractivity contribution in [2.24, 2.45) is 5.73 Å². The van der Waals surface area contributed by atoms with Crippen LogP contribution in [0.5, 0.6) is 5.75 Å². The van der Waals surface area contributed by atoms with Crippen molar-refractivity contribution < 1.29 is 9.90 Å². The highest BCUT2D eigenvalue weighted by Gasteiger charge is 2.20. The number of carbonyl (C=O) groups is 1. The molecule has 0 aliphatic carbocycles. The highest BCUT2D eigenvalue weighted by molar-refractivity contribution is 5.94. The molecule has 5 heteroatoms. The molecule has 0 spiro atoms. The smallest absolute Gasteiger partial charge is 0.254 e. The van der Waals surface area contributed by atoms with E-state index in [0.29, 0.717) is 18.7 Å². The monoisotopic (exact) mass is 263 g/mol. The molecule has 0 bridgehead atoms. The van der Waals surface area contributed by atoms with E-state index in [1.165, 1.54) is 6.07 Å². The summed E-state index contributed by atoms with van der Waals surface area (Å²) >= 11 is 0. The van der Waals surface area contributed by atoms with Crippen LogP contribution in [0.1, 0.15) is 16.8 Å². The molecule has 5 nitrogen and oxygen atoms in total. The first-order valence-electron chi connectivity index (χ1n) is 6.71.